The lowest BCUT2D eigenvalue weighted by Crippen LogP contribution is -2.34. The zero-order chi connectivity index (χ0) is 16.6. The lowest BCUT2D eigenvalue weighted by atomic mass is 10.2. The van der Waals surface area contributed by atoms with Gasteiger partial charge in [-0.05, 0) is 40.4 Å². The Labute approximate surface area is 133 Å². The van der Waals surface area contributed by atoms with Crippen molar-refractivity contribution >= 4 is 27.5 Å². The van der Waals surface area contributed by atoms with E-state index in [1.165, 1.54) is 23.0 Å². The molecular formula is C15H21N3O3S. The van der Waals surface area contributed by atoms with Crippen molar-refractivity contribution in [3.05, 3.63) is 26.6 Å². The summed E-state index contributed by atoms with van der Waals surface area (Å²) < 4.78 is 6.24. The van der Waals surface area contributed by atoms with Crippen LogP contribution >= 0.6 is 11.3 Å². The third-order valence-electron chi connectivity index (χ3n) is 3.70. The summed E-state index contributed by atoms with van der Waals surface area (Å²) in [6, 6.07) is -0.705. The zero-order valence-electron chi connectivity index (χ0n) is 13.8. The van der Waals surface area contributed by atoms with Crippen LogP contribution < -0.4 is 5.56 Å². The van der Waals surface area contributed by atoms with Crippen molar-refractivity contribution in [3.8, 4) is 0 Å². The van der Waals surface area contributed by atoms with Crippen molar-refractivity contribution in [2.75, 3.05) is 21.2 Å². The number of fused-ring (bicyclic) bond motifs is 1. The largest absolute Gasteiger partial charge is 0.467 e. The van der Waals surface area contributed by atoms with Crippen molar-refractivity contribution in [1.82, 2.24) is 14.5 Å². The van der Waals surface area contributed by atoms with Crippen LogP contribution in [-0.2, 0) is 16.1 Å². The molecule has 2 heterocycles. The Balaban J connectivity index is 2.79. The van der Waals surface area contributed by atoms with Gasteiger partial charge in [0.1, 0.15) is 16.7 Å². The molecule has 0 aliphatic rings. The van der Waals surface area contributed by atoms with E-state index in [0.717, 1.165) is 15.3 Å². The molecule has 0 spiro atoms. The molecule has 7 heteroatoms. The second kappa shape index (κ2) is 6.18. The number of ether oxygens (including phenoxy) is 1. The maximum atomic E-state index is 12.9. The van der Waals surface area contributed by atoms with Gasteiger partial charge in [0.05, 0.1) is 19.0 Å². The molecule has 0 bridgehead atoms. The molecule has 120 valence electrons. The van der Waals surface area contributed by atoms with E-state index in [2.05, 4.69) is 4.98 Å². The minimum absolute atomic E-state index is 0.179. The van der Waals surface area contributed by atoms with Crippen LogP contribution in [0.5, 0.6) is 0 Å². The molecule has 0 N–H and O–H groups in total. The normalized spacial score (nSPS) is 12.9. The Morgan fingerprint density at radius 2 is 2.05 bits per heavy atom. The van der Waals surface area contributed by atoms with Crippen molar-refractivity contribution in [2.24, 2.45) is 0 Å². The molecule has 2 aromatic rings. The summed E-state index contributed by atoms with van der Waals surface area (Å²) >= 11 is 1.51. The number of aromatic nitrogens is 2. The molecule has 0 saturated heterocycles. The van der Waals surface area contributed by atoms with Gasteiger partial charge in [0, 0.05) is 4.88 Å². The highest BCUT2D eigenvalue weighted by molar-refractivity contribution is 7.18. The quantitative estimate of drug-likeness (QED) is 0.804. The number of methoxy groups -OCH3 is 1. The molecule has 0 aliphatic carbocycles. The smallest absolute Gasteiger partial charge is 0.328 e. The highest BCUT2D eigenvalue weighted by Crippen LogP contribution is 2.27. The van der Waals surface area contributed by atoms with E-state index in [4.69, 9.17) is 4.74 Å². The number of carbonyl (C=O) groups excluding carboxylic acids is 1. The average Bonchev–Trinajstić information content (AvgIpc) is 2.72. The third kappa shape index (κ3) is 2.78. The van der Waals surface area contributed by atoms with Crippen molar-refractivity contribution in [3.63, 3.8) is 0 Å². The van der Waals surface area contributed by atoms with Crippen molar-refractivity contribution in [2.45, 2.75) is 33.4 Å². The van der Waals surface area contributed by atoms with Crippen LogP contribution in [0.15, 0.2) is 4.79 Å². The van der Waals surface area contributed by atoms with Gasteiger partial charge in [0.2, 0.25) is 0 Å². The molecule has 22 heavy (non-hydrogen) atoms. The van der Waals surface area contributed by atoms with E-state index in [-0.39, 0.29) is 5.56 Å². The van der Waals surface area contributed by atoms with E-state index in [9.17, 15) is 9.59 Å². The number of hydrogen-bond donors (Lipinski definition) is 0. The lowest BCUT2D eigenvalue weighted by molar-refractivity contribution is -0.144. The lowest BCUT2D eigenvalue weighted by Gasteiger charge is -2.19. The fourth-order valence-corrected chi connectivity index (χ4v) is 3.46. The molecule has 1 unspecified atom stereocenters. The minimum atomic E-state index is -0.705. The third-order valence-corrected chi connectivity index (χ3v) is 4.80. The number of esters is 1. The second-order valence-electron chi connectivity index (χ2n) is 5.60. The summed E-state index contributed by atoms with van der Waals surface area (Å²) in [6.07, 6.45) is 0. The predicted molar refractivity (Wildman–Crippen MR) is 87.5 cm³/mol. The highest BCUT2D eigenvalue weighted by Gasteiger charge is 2.24. The fourth-order valence-electron chi connectivity index (χ4n) is 2.42. The summed E-state index contributed by atoms with van der Waals surface area (Å²) in [7, 11) is 5.12. The van der Waals surface area contributed by atoms with Gasteiger partial charge in [-0.3, -0.25) is 9.36 Å². The molecule has 0 fully saturated rings. The van der Waals surface area contributed by atoms with Crippen LogP contribution in [-0.4, -0.2) is 41.6 Å². The molecule has 0 saturated carbocycles. The van der Waals surface area contributed by atoms with Gasteiger partial charge in [-0.1, -0.05) is 0 Å². The number of nitrogens with zero attached hydrogens (tertiary/aromatic N) is 3. The Morgan fingerprint density at radius 1 is 1.41 bits per heavy atom. The first-order valence-electron chi connectivity index (χ1n) is 7.01. The molecule has 1 atom stereocenters. The molecule has 2 aromatic heterocycles. The van der Waals surface area contributed by atoms with Gasteiger partial charge < -0.3 is 9.64 Å². The Morgan fingerprint density at radius 3 is 2.59 bits per heavy atom. The first kappa shape index (κ1) is 16.6. The average molecular weight is 323 g/mol. The van der Waals surface area contributed by atoms with Gasteiger partial charge in [-0.15, -0.1) is 11.3 Å². The standard InChI is InChI=1S/C15H21N3O3S/c1-8-10(3)22-13-12(8)14(19)18(9(2)15(20)21-6)11(16-13)7-17(4)5/h9H,7H2,1-6H3. The summed E-state index contributed by atoms with van der Waals surface area (Å²) in [4.78, 5) is 33.2. The van der Waals surface area contributed by atoms with Gasteiger partial charge in [-0.25, -0.2) is 9.78 Å². The Hall–Kier alpha value is -1.73. The maximum Gasteiger partial charge on any atom is 0.328 e. The number of thiophene rings is 1. The fraction of sp³-hybridized carbons (Fsp3) is 0.533. The van der Waals surface area contributed by atoms with Crippen LogP contribution in [0, 0.1) is 13.8 Å². The summed E-state index contributed by atoms with van der Waals surface area (Å²) in [5.74, 6) is 0.120. The topological polar surface area (TPSA) is 64.4 Å². The van der Waals surface area contributed by atoms with Gasteiger partial charge in [-0.2, -0.15) is 0 Å². The van der Waals surface area contributed by atoms with E-state index < -0.39 is 12.0 Å². The summed E-state index contributed by atoms with van der Waals surface area (Å²) in [5.41, 5.74) is 0.751. The molecule has 0 amide bonds. The van der Waals surface area contributed by atoms with Gasteiger partial charge in [0.15, 0.2) is 0 Å². The van der Waals surface area contributed by atoms with E-state index >= 15 is 0 Å². The Bertz CT molecular complexity index is 776. The summed E-state index contributed by atoms with van der Waals surface area (Å²) in [5, 5.41) is 0.598. The first-order valence-corrected chi connectivity index (χ1v) is 7.83. The highest BCUT2D eigenvalue weighted by atomic mass is 32.1. The monoisotopic (exact) mass is 323 g/mol. The maximum absolute atomic E-state index is 12.9. The van der Waals surface area contributed by atoms with Crippen LogP contribution in [0.2, 0.25) is 0 Å². The molecule has 2 rings (SSSR count). The van der Waals surface area contributed by atoms with E-state index in [0.29, 0.717) is 17.8 Å². The number of carbonyl (C=O) groups is 1. The van der Waals surface area contributed by atoms with Crippen molar-refractivity contribution in [1.29, 1.82) is 0 Å². The SMILES string of the molecule is COC(=O)C(C)n1c(CN(C)C)nc2sc(C)c(C)c2c1=O. The molecular weight excluding hydrogens is 302 g/mol. The molecule has 6 nitrogen and oxygen atoms in total. The van der Waals surface area contributed by atoms with Crippen LogP contribution in [0.3, 0.4) is 0 Å². The van der Waals surface area contributed by atoms with E-state index in [1.807, 2.05) is 32.8 Å². The van der Waals surface area contributed by atoms with Crippen LogP contribution in [0.25, 0.3) is 10.2 Å². The molecule has 0 aliphatic heterocycles. The second-order valence-corrected chi connectivity index (χ2v) is 6.81. The molecule has 0 aromatic carbocycles. The minimum Gasteiger partial charge on any atom is -0.467 e. The van der Waals surface area contributed by atoms with Crippen molar-refractivity contribution < 1.29 is 9.53 Å². The predicted octanol–water partition coefficient (Wildman–Crippen LogP) is 1.87. The Kier molecular flexibility index (Phi) is 4.67. The number of aryl methyl sites for hydroxylation is 2. The summed E-state index contributed by atoms with van der Waals surface area (Å²) in [6.45, 7) is 6.02. The van der Waals surface area contributed by atoms with Crippen LogP contribution in [0.4, 0.5) is 0 Å². The number of hydrogen-bond acceptors (Lipinski definition) is 6. The zero-order valence-corrected chi connectivity index (χ0v) is 14.6. The van der Waals surface area contributed by atoms with Crippen LogP contribution in [0.1, 0.15) is 29.2 Å². The van der Waals surface area contributed by atoms with Gasteiger partial charge >= 0.3 is 5.97 Å². The van der Waals surface area contributed by atoms with Gasteiger partial charge in [0.25, 0.3) is 5.56 Å². The number of rotatable bonds is 4. The first-order chi connectivity index (χ1) is 10.3. The van der Waals surface area contributed by atoms with E-state index in [1.54, 1.807) is 6.92 Å². The molecule has 0 radical (unpaired) electrons.